The van der Waals surface area contributed by atoms with Gasteiger partial charge in [-0.2, -0.15) is 5.10 Å². The van der Waals surface area contributed by atoms with Gasteiger partial charge in [0, 0.05) is 16.0 Å². The summed E-state index contributed by atoms with van der Waals surface area (Å²) in [5.41, 5.74) is 6.21. The smallest absolute Gasteiger partial charge is 0.250 e. The van der Waals surface area contributed by atoms with Crippen LogP contribution in [0.5, 0.6) is 11.5 Å². The number of thioether (sulfide) groups is 1. The van der Waals surface area contributed by atoms with E-state index < -0.39 is 0 Å². The van der Waals surface area contributed by atoms with Crippen LogP contribution >= 0.6 is 50.6 Å². The third kappa shape index (κ3) is 8.07. The lowest BCUT2D eigenvalue weighted by molar-refractivity contribution is -0.118. The van der Waals surface area contributed by atoms with Crippen molar-refractivity contribution in [2.24, 2.45) is 5.10 Å². The molecular formula is C27H23BrClN3O3S2. The normalized spacial score (nSPS) is 11.0. The van der Waals surface area contributed by atoms with Gasteiger partial charge in [0.15, 0.2) is 15.8 Å². The van der Waals surface area contributed by atoms with Crippen molar-refractivity contribution in [3.05, 3.63) is 92.7 Å². The summed E-state index contributed by atoms with van der Waals surface area (Å²) >= 11 is 12.4. The molecule has 1 amide bonds. The monoisotopic (exact) mass is 615 g/mol. The molecule has 4 rings (SSSR count). The Labute approximate surface area is 237 Å². The van der Waals surface area contributed by atoms with Crippen LogP contribution in [0.3, 0.4) is 0 Å². The lowest BCUT2D eigenvalue weighted by Gasteiger charge is -2.14. The largest absolute Gasteiger partial charge is 0.490 e. The molecule has 6 nitrogen and oxygen atoms in total. The minimum atomic E-state index is -0.226. The standard InChI is InChI=1S/C27H23BrClN3O3S2/c1-2-34-24-13-19(12-22(28)26(24)35-15-18-6-4-3-5-7-18)14-30-32-25(33)17-37-27-31-23(16-36-27)20-8-10-21(29)11-9-20/h3-14,16H,2,15,17H2,1H3,(H,32,33)/b30-14+. The van der Waals surface area contributed by atoms with Gasteiger partial charge in [-0.1, -0.05) is 65.8 Å². The maximum atomic E-state index is 12.3. The molecule has 0 saturated carbocycles. The average molecular weight is 617 g/mol. The molecule has 1 N–H and O–H groups in total. The molecule has 1 aromatic heterocycles. The Kier molecular flexibility index (Phi) is 10.0. The highest BCUT2D eigenvalue weighted by Gasteiger charge is 2.13. The van der Waals surface area contributed by atoms with E-state index in [1.165, 1.54) is 23.1 Å². The lowest BCUT2D eigenvalue weighted by atomic mass is 10.2. The molecule has 1 heterocycles. The van der Waals surface area contributed by atoms with Crippen LogP contribution in [0, 0.1) is 0 Å². The van der Waals surface area contributed by atoms with Crippen LogP contribution < -0.4 is 14.9 Å². The number of nitrogens with one attached hydrogen (secondary N) is 1. The Bertz CT molecular complexity index is 1370. The average Bonchev–Trinajstić information content (AvgIpc) is 3.37. The van der Waals surface area contributed by atoms with Gasteiger partial charge in [-0.25, -0.2) is 10.4 Å². The summed E-state index contributed by atoms with van der Waals surface area (Å²) in [7, 11) is 0. The van der Waals surface area contributed by atoms with Gasteiger partial charge in [-0.3, -0.25) is 4.79 Å². The third-order valence-electron chi connectivity index (χ3n) is 4.91. The zero-order chi connectivity index (χ0) is 26.0. The molecule has 37 heavy (non-hydrogen) atoms. The zero-order valence-corrected chi connectivity index (χ0v) is 23.8. The highest BCUT2D eigenvalue weighted by molar-refractivity contribution is 9.10. The third-order valence-corrected chi connectivity index (χ3v) is 7.77. The van der Waals surface area contributed by atoms with E-state index in [2.05, 4.69) is 31.4 Å². The minimum Gasteiger partial charge on any atom is -0.490 e. The molecular weight excluding hydrogens is 594 g/mol. The molecule has 0 saturated heterocycles. The fourth-order valence-electron chi connectivity index (χ4n) is 3.21. The van der Waals surface area contributed by atoms with Gasteiger partial charge < -0.3 is 9.47 Å². The van der Waals surface area contributed by atoms with Gasteiger partial charge in [0.25, 0.3) is 5.91 Å². The molecule has 190 valence electrons. The first-order chi connectivity index (χ1) is 18.0. The van der Waals surface area contributed by atoms with Crippen LogP contribution in [0.25, 0.3) is 11.3 Å². The number of hydrogen-bond acceptors (Lipinski definition) is 7. The summed E-state index contributed by atoms with van der Waals surface area (Å²) in [6.07, 6.45) is 1.57. The minimum absolute atomic E-state index is 0.199. The van der Waals surface area contributed by atoms with Crippen molar-refractivity contribution in [2.75, 3.05) is 12.4 Å². The quantitative estimate of drug-likeness (QED) is 0.108. The van der Waals surface area contributed by atoms with Gasteiger partial charge in [0.1, 0.15) is 6.61 Å². The maximum absolute atomic E-state index is 12.3. The van der Waals surface area contributed by atoms with Crippen LogP contribution in [0.4, 0.5) is 0 Å². The predicted molar refractivity (Wildman–Crippen MR) is 155 cm³/mol. The maximum Gasteiger partial charge on any atom is 0.250 e. The van der Waals surface area contributed by atoms with Gasteiger partial charge in [0.05, 0.1) is 28.7 Å². The number of rotatable bonds is 11. The molecule has 0 aliphatic carbocycles. The molecule has 0 radical (unpaired) electrons. The number of hydrazone groups is 1. The number of halogens is 2. The molecule has 4 aromatic rings. The van der Waals surface area contributed by atoms with E-state index >= 15 is 0 Å². The number of nitrogens with zero attached hydrogens (tertiary/aromatic N) is 2. The Morgan fingerprint density at radius 3 is 2.70 bits per heavy atom. The summed E-state index contributed by atoms with van der Waals surface area (Å²) in [5.74, 6) is 1.18. The van der Waals surface area contributed by atoms with E-state index in [0.717, 1.165) is 31.2 Å². The number of amides is 1. The molecule has 0 aliphatic heterocycles. The fraction of sp³-hybridized carbons (Fsp3) is 0.148. The topological polar surface area (TPSA) is 72.8 Å². The van der Waals surface area contributed by atoms with E-state index in [1.807, 2.05) is 79.0 Å². The first kappa shape index (κ1) is 27.2. The van der Waals surface area contributed by atoms with E-state index in [9.17, 15) is 4.79 Å². The van der Waals surface area contributed by atoms with E-state index in [-0.39, 0.29) is 11.7 Å². The van der Waals surface area contributed by atoms with Crippen LogP contribution in [0.1, 0.15) is 18.1 Å². The van der Waals surface area contributed by atoms with Crippen LogP contribution in [-0.2, 0) is 11.4 Å². The highest BCUT2D eigenvalue weighted by atomic mass is 79.9. The fourth-order valence-corrected chi connectivity index (χ4v) is 5.54. The first-order valence-corrected chi connectivity index (χ1v) is 14.3. The lowest BCUT2D eigenvalue weighted by Crippen LogP contribution is -2.19. The Hall–Kier alpha value is -2.85. The molecule has 3 aromatic carbocycles. The van der Waals surface area contributed by atoms with Crippen LogP contribution in [0.2, 0.25) is 5.02 Å². The van der Waals surface area contributed by atoms with Gasteiger partial charge in [-0.05, 0) is 58.2 Å². The summed E-state index contributed by atoms with van der Waals surface area (Å²) < 4.78 is 13.3. The van der Waals surface area contributed by atoms with Gasteiger partial charge in [-0.15, -0.1) is 11.3 Å². The SMILES string of the molecule is CCOc1cc(/C=N/NC(=O)CSc2nc(-c3ccc(Cl)cc3)cs2)cc(Br)c1OCc1ccccc1. The van der Waals surface area contributed by atoms with Crippen molar-refractivity contribution in [1.82, 2.24) is 10.4 Å². The summed E-state index contributed by atoms with van der Waals surface area (Å²) in [6, 6.07) is 21.1. The second-order valence-electron chi connectivity index (χ2n) is 7.62. The number of benzene rings is 3. The summed E-state index contributed by atoms with van der Waals surface area (Å²) in [6.45, 7) is 2.81. The second kappa shape index (κ2) is 13.6. The molecule has 0 unspecified atom stereocenters. The number of ether oxygens (including phenoxy) is 2. The van der Waals surface area contributed by atoms with Crippen LogP contribution in [-0.4, -0.2) is 29.5 Å². The summed E-state index contributed by atoms with van der Waals surface area (Å²) in [4.78, 5) is 16.9. The van der Waals surface area contributed by atoms with E-state index in [0.29, 0.717) is 29.7 Å². The van der Waals surface area contributed by atoms with Crippen molar-refractivity contribution in [3.63, 3.8) is 0 Å². The second-order valence-corrected chi connectivity index (χ2v) is 11.0. The van der Waals surface area contributed by atoms with Crippen molar-refractivity contribution >= 4 is 62.8 Å². The van der Waals surface area contributed by atoms with E-state index in [1.54, 1.807) is 6.21 Å². The number of hydrogen-bond donors (Lipinski definition) is 1. The molecule has 0 atom stereocenters. The molecule has 0 fully saturated rings. The number of carbonyl (C=O) groups excluding carboxylic acids is 1. The van der Waals surface area contributed by atoms with Crippen LogP contribution in [0.15, 0.2) is 86.0 Å². The molecule has 0 spiro atoms. The first-order valence-electron chi connectivity index (χ1n) is 11.3. The molecule has 0 aliphatic rings. The molecule has 10 heteroatoms. The Morgan fingerprint density at radius 1 is 1.16 bits per heavy atom. The highest BCUT2D eigenvalue weighted by Crippen LogP contribution is 2.37. The summed E-state index contributed by atoms with van der Waals surface area (Å²) in [5, 5.41) is 6.74. The van der Waals surface area contributed by atoms with Crippen molar-refractivity contribution < 1.29 is 14.3 Å². The van der Waals surface area contributed by atoms with Crippen molar-refractivity contribution in [1.29, 1.82) is 0 Å². The molecule has 0 bridgehead atoms. The van der Waals surface area contributed by atoms with Gasteiger partial charge in [0.2, 0.25) is 0 Å². The Balaban J connectivity index is 1.32. The zero-order valence-electron chi connectivity index (χ0n) is 19.8. The number of carbonyl (C=O) groups is 1. The number of thiazole rings is 1. The Morgan fingerprint density at radius 2 is 1.95 bits per heavy atom. The van der Waals surface area contributed by atoms with Crippen molar-refractivity contribution in [2.45, 2.75) is 17.9 Å². The van der Waals surface area contributed by atoms with E-state index in [4.69, 9.17) is 21.1 Å². The van der Waals surface area contributed by atoms with Gasteiger partial charge >= 0.3 is 0 Å². The van der Waals surface area contributed by atoms with Crippen molar-refractivity contribution in [3.8, 4) is 22.8 Å². The number of aromatic nitrogens is 1. The predicted octanol–water partition coefficient (Wildman–Crippen LogP) is 7.45.